The van der Waals surface area contributed by atoms with Crippen molar-refractivity contribution in [2.24, 2.45) is 0 Å². The minimum atomic E-state index is -3.77. The molecule has 0 radical (unpaired) electrons. The fraction of sp³-hybridized carbons (Fsp3) is 0.240. The number of carbonyl (C=O) groups is 1. The van der Waals surface area contributed by atoms with Crippen LogP contribution in [0.15, 0.2) is 71.6 Å². The third-order valence-electron chi connectivity index (χ3n) is 5.18. The monoisotopic (exact) mass is 518 g/mol. The molecule has 0 bridgehead atoms. The van der Waals surface area contributed by atoms with Crippen LogP contribution in [-0.2, 0) is 20.6 Å². The average molecular weight is 519 g/mol. The maximum atomic E-state index is 13.1. The van der Waals surface area contributed by atoms with Crippen LogP contribution in [0.1, 0.15) is 18.1 Å². The predicted octanol–water partition coefficient (Wildman–Crippen LogP) is 5.74. The number of benzene rings is 3. The number of nitrogens with zero attached hydrogens (tertiary/aromatic N) is 1. The molecule has 0 saturated heterocycles. The number of nitrogens with one attached hydrogen (secondary N) is 1. The van der Waals surface area contributed by atoms with Crippen molar-refractivity contribution in [3.8, 4) is 5.75 Å². The maximum Gasteiger partial charge on any atom is 0.248 e. The molecule has 0 saturated carbocycles. The third kappa shape index (κ3) is 6.46. The van der Waals surface area contributed by atoms with Crippen molar-refractivity contribution in [3.05, 3.63) is 82.9 Å². The molecular weight excluding hydrogens is 492 g/mol. The van der Waals surface area contributed by atoms with Crippen molar-refractivity contribution < 1.29 is 17.9 Å². The van der Waals surface area contributed by atoms with Gasteiger partial charge >= 0.3 is 0 Å². The van der Waals surface area contributed by atoms with Crippen molar-refractivity contribution in [1.29, 1.82) is 0 Å². The maximum absolute atomic E-state index is 13.1. The quantitative estimate of drug-likeness (QED) is 0.365. The second-order valence-corrected chi connectivity index (χ2v) is 11.1. The molecule has 0 fully saturated rings. The lowest BCUT2D eigenvalue weighted by Gasteiger charge is -2.28. The van der Waals surface area contributed by atoms with E-state index in [9.17, 15) is 13.2 Å². The van der Waals surface area contributed by atoms with E-state index in [4.69, 9.17) is 16.3 Å². The molecule has 0 spiro atoms. The molecule has 0 heterocycles. The third-order valence-corrected chi connectivity index (χ3v) is 7.80. The van der Waals surface area contributed by atoms with Crippen LogP contribution in [0.25, 0.3) is 0 Å². The van der Waals surface area contributed by atoms with Gasteiger partial charge in [-0.15, -0.1) is 11.8 Å². The van der Waals surface area contributed by atoms with Crippen LogP contribution in [-0.4, -0.2) is 33.7 Å². The Morgan fingerprint density at radius 3 is 2.41 bits per heavy atom. The number of carbonyl (C=O) groups excluding carboxylic acids is 1. The van der Waals surface area contributed by atoms with Gasteiger partial charge in [0.15, 0.2) is 0 Å². The number of sulfonamides is 1. The number of thioether (sulfide) groups is 1. The second kappa shape index (κ2) is 11.2. The average Bonchev–Trinajstić information content (AvgIpc) is 2.79. The van der Waals surface area contributed by atoms with Gasteiger partial charge in [-0.3, -0.25) is 9.10 Å². The summed E-state index contributed by atoms with van der Waals surface area (Å²) in [5.41, 5.74) is 2.93. The van der Waals surface area contributed by atoms with Gasteiger partial charge in [0, 0.05) is 16.3 Å². The molecule has 1 amide bonds. The Hall–Kier alpha value is -2.68. The van der Waals surface area contributed by atoms with Crippen LogP contribution in [0.5, 0.6) is 5.75 Å². The first kappa shape index (κ1) is 25.9. The van der Waals surface area contributed by atoms with Gasteiger partial charge < -0.3 is 10.1 Å². The summed E-state index contributed by atoms with van der Waals surface area (Å²) in [6.45, 7) is 3.45. The van der Waals surface area contributed by atoms with Gasteiger partial charge in [-0.05, 0) is 61.4 Å². The summed E-state index contributed by atoms with van der Waals surface area (Å²) < 4.78 is 31.3. The number of hydrogen-bond donors (Lipinski definition) is 1. The molecule has 1 N–H and O–H groups in total. The Balaban J connectivity index is 1.75. The normalized spacial score (nSPS) is 12.1. The van der Waals surface area contributed by atoms with E-state index in [0.717, 1.165) is 27.4 Å². The molecule has 9 heteroatoms. The molecule has 3 aromatic carbocycles. The second-order valence-electron chi connectivity index (χ2n) is 7.79. The van der Waals surface area contributed by atoms with Crippen molar-refractivity contribution in [1.82, 2.24) is 0 Å². The van der Waals surface area contributed by atoms with E-state index in [2.05, 4.69) is 17.4 Å². The lowest BCUT2D eigenvalue weighted by atomic mass is 10.1. The van der Waals surface area contributed by atoms with Gasteiger partial charge in [-0.1, -0.05) is 41.9 Å². The standard InChI is InChI=1S/C25H27ClN2O4S2/c1-17-14-19(16-33-21-8-6-5-7-9-21)10-12-23(17)27-25(29)18(2)28(34(4,30)31)20-11-13-24(32-3)22(26)15-20/h5-15,18H,16H2,1-4H3,(H,27,29). The summed E-state index contributed by atoms with van der Waals surface area (Å²) in [6, 6.07) is 19.5. The fourth-order valence-electron chi connectivity index (χ4n) is 3.48. The van der Waals surface area contributed by atoms with E-state index in [1.54, 1.807) is 23.9 Å². The lowest BCUT2D eigenvalue weighted by Crippen LogP contribution is -2.45. The van der Waals surface area contributed by atoms with Gasteiger partial charge in [0.2, 0.25) is 15.9 Å². The van der Waals surface area contributed by atoms with Crippen LogP contribution in [0.3, 0.4) is 0 Å². The Kier molecular flexibility index (Phi) is 8.52. The molecule has 1 unspecified atom stereocenters. The van der Waals surface area contributed by atoms with E-state index in [0.29, 0.717) is 11.4 Å². The Bertz CT molecular complexity index is 1270. The number of anilines is 2. The number of ether oxygens (including phenoxy) is 1. The van der Waals surface area contributed by atoms with Crippen molar-refractivity contribution in [2.75, 3.05) is 23.0 Å². The summed E-state index contributed by atoms with van der Waals surface area (Å²) in [4.78, 5) is 14.2. The highest BCUT2D eigenvalue weighted by Crippen LogP contribution is 2.32. The Morgan fingerprint density at radius 1 is 1.12 bits per heavy atom. The van der Waals surface area contributed by atoms with Gasteiger partial charge in [-0.25, -0.2) is 8.42 Å². The van der Waals surface area contributed by atoms with E-state index in [-0.39, 0.29) is 10.7 Å². The predicted molar refractivity (Wildman–Crippen MR) is 141 cm³/mol. The lowest BCUT2D eigenvalue weighted by molar-refractivity contribution is -0.116. The zero-order chi connectivity index (χ0) is 24.9. The number of aryl methyl sites for hydroxylation is 1. The van der Waals surface area contributed by atoms with Crippen LogP contribution in [0.4, 0.5) is 11.4 Å². The molecule has 6 nitrogen and oxygen atoms in total. The largest absolute Gasteiger partial charge is 0.495 e. The summed E-state index contributed by atoms with van der Waals surface area (Å²) in [5.74, 6) is 0.763. The first-order valence-corrected chi connectivity index (χ1v) is 13.7. The fourth-order valence-corrected chi connectivity index (χ4v) is 5.76. The highest BCUT2D eigenvalue weighted by molar-refractivity contribution is 7.98. The SMILES string of the molecule is COc1ccc(N(C(C)C(=O)Nc2ccc(CSc3ccccc3)cc2C)S(C)(=O)=O)cc1Cl. The van der Waals surface area contributed by atoms with Gasteiger partial charge in [0.1, 0.15) is 11.8 Å². The topological polar surface area (TPSA) is 75.7 Å². The Labute approximate surface area is 210 Å². The number of halogens is 1. The summed E-state index contributed by atoms with van der Waals surface area (Å²) in [7, 11) is -2.30. The Morgan fingerprint density at radius 2 is 1.82 bits per heavy atom. The van der Waals surface area contributed by atoms with Crippen molar-refractivity contribution >= 4 is 50.7 Å². The molecule has 1 atom stereocenters. The molecular formula is C25H27ClN2O4S2. The molecule has 180 valence electrons. The first-order chi connectivity index (χ1) is 16.1. The van der Waals surface area contributed by atoms with Crippen molar-refractivity contribution in [3.63, 3.8) is 0 Å². The summed E-state index contributed by atoms with van der Waals surface area (Å²) in [6.07, 6.45) is 1.05. The van der Waals surface area contributed by atoms with Gasteiger partial charge in [0.05, 0.1) is 24.1 Å². The van der Waals surface area contributed by atoms with Gasteiger partial charge in [0.25, 0.3) is 0 Å². The number of rotatable bonds is 9. The van der Waals surface area contributed by atoms with E-state index < -0.39 is 22.0 Å². The van der Waals surface area contributed by atoms with Crippen LogP contribution < -0.4 is 14.4 Å². The summed E-state index contributed by atoms with van der Waals surface area (Å²) in [5, 5.41) is 3.11. The molecule has 34 heavy (non-hydrogen) atoms. The smallest absolute Gasteiger partial charge is 0.248 e. The zero-order valence-electron chi connectivity index (χ0n) is 19.4. The molecule has 3 rings (SSSR count). The zero-order valence-corrected chi connectivity index (χ0v) is 21.8. The van der Waals surface area contributed by atoms with Crippen LogP contribution in [0.2, 0.25) is 5.02 Å². The van der Waals surface area contributed by atoms with Crippen LogP contribution in [0, 0.1) is 6.92 Å². The van der Waals surface area contributed by atoms with E-state index in [1.807, 2.05) is 43.3 Å². The number of amides is 1. The molecule has 0 aromatic heterocycles. The molecule has 0 aliphatic rings. The molecule has 0 aliphatic carbocycles. The first-order valence-electron chi connectivity index (χ1n) is 10.5. The van der Waals surface area contributed by atoms with E-state index in [1.165, 1.54) is 25.0 Å². The van der Waals surface area contributed by atoms with Crippen LogP contribution >= 0.6 is 23.4 Å². The minimum Gasteiger partial charge on any atom is -0.495 e. The number of hydrogen-bond acceptors (Lipinski definition) is 5. The van der Waals surface area contributed by atoms with E-state index >= 15 is 0 Å². The highest BCUT2D eigenvalue weighted by atomic mass is 35.5. The highest BCUT2D eigenvalue weighted by Gasteiger charge is 2.30. The minimum absolute atomic E-state index is 0.251. The molecule has 0 aliphatic heterocycles. The number of methoxy groups -OCH3 is 1. The van der Waals surface area contributed by atoms with Crippen molar-refractivity contribution in [2.45, 2.75) is 30.5 Å². The molecule has 3 aromatic rings. The van der Waals surface area contributed by atoms with Gasteiger partial charge in [-0.2, -0.15) is 0 Å². The summed E-state index contributed by atoms with van der Waals surface area (Å²) >= 11 is 7.92.